The molecule has 0 aliphatic carbocycles. The highest BCUT2D eigenvalue weighted by Crippen LogP contribution is 2.41. The highest BCUT2D eigenvalue weighted by atomic mass is 35.5. The summed E-state index contributed by atoms with van der Waals surface area (Å²) in [5.74, 6) is 0.701. The summed E-state index contributed by atoms with van der Waals surface area (Å²) in [5, 5.41) is -0.285. The van der Waals surface area contributed by atoms with Gasteiger partial charge in [-0.2, -0.15) is 0 Å². The van der Waals surface area contributed by atoms with Gasteiger partial charge in [0.25, 0.3) is 0 Å². The first kappa shape index (κ1) is 14.4. The molecule has 1 aliphatic rings. The van der Waals surface area contributed by atoms with E-state index in [9.17, 15) is 4.39 Å². The highest BCUT2D eigenvalue weighted by molar-refractivity contribution is 6.22. The smallest absolute Gasteiger partial charge is 0.123 e. The van der Waals surface area contributed by atoms with Gasteiger partial charge in [-0.1, -0.05) is 26.0 Å². The lowest BCUT2D eigenvalue weighted by Crippen LogP contribution is -2.18. The Labute approximate surface area is 129 Å². The Morgan fingerprint density at radius 3 is 2.67 bits per heavy atom. The first-order valence-corrected chi connectivity index (χ1v) is 7.49. The maximum Gasteiger partial charge on any atom is 0.123 e. The molecule has 0 aromatic heterocycles. The van der Waals surface area contributed by atoms with Gasteiger partial charge in [-0.25, -0.2) is 4.39 Å². The number of aryl methyl sites for hydroxylation is 1. The molecule has 0 fully saturated rings. The van der Waals surface area contributed by atoms with Gasteiger partial charge in [-0.05, 0) is 47.9 Å². The van der Waals surface area contributed by atoms with Crippen LogP contribution in [0.5, 0.6) is 5.75 Å². The van der Waals surface area contributed by atoms with Crippen LogP contribution >= 0.6 is 11.6 Å². The summed E-state index contributed by atoms with van der Waals surface area (Å²) in [6, 6.07) is 10.8. The third-order valence-corrected chi connectivity index (χ3v) is 4.61. The number of fused-ring (bicyclic) bond motifs is 1. The molecule has 0 radical (unpaired) electrons. The van der Waals surface area contributed by atoms with Crippen molar-refractivity contribution in [3.05, 3.63) is 64.5 Å². The molecule has 2 aromatic rings. The second-order valence-corrected chi connectivity index (χ2v) is 6.73. The number of rotatable bonds is 2. The maximum atomic E-state index is 13.2. The van der Waals surface area contributed by atoms with E-state index in [4.69, 9.17) is 16.3 Å². The van der Waals surface area contributed by atoms with Crippen LogP contribution in [-0.2, 0) is 5.41 Å². The Morgan fingerprint density at radius 1 is 1.19 bits per heavy atom. The van der Waals surface area contributed by atoms with E-state index in [2.05, 4.69) is 19.9 Å². The standard InChI is InChI=1S/C18H18ClFO/c1-11-8-13(20)5-6-14(11)17(19)12-4-7-16-15(9-12)18(2,3)10-21-16/h4-9,17H,10H2,1-3H3. The van der Waals surface area contributed by atoms with Gasteiger partial charge in [0, 0.05) is 11.0 Å². The van der Waals surface area contributed by atoms with Crippen molar-refractivity contribution in [3.63, 3.8) is 0 Å². The number of ether oxygens (including phenoxy) is 1. The van der Waals surface area contributed by atoms with Crippen LogP contribution in [0.4, 0.5) is 4.39 Å². The van der Waals surface area contributed by atoms with Crippen LogP contribution in [0.3, 0.4) is 0 Å². The molecule has 0 bridgehead atoms. The summed E-state index contributed by atoms with van der Waals surface area (Å²) >= 11 is 6.62. The number of benzene rings is 2. The minimum Gasteiger partial charge on any atom is -0.492 e. The van der Waals surface area contributed by atoms with Crippen LogP contribution in [0.25, 0.3) is 0 Å². The Hall–Kier alpha value is -1.54. The van der Waals surface area contributed by atoms with Crippen LogP contribution in [-0.4, -0.2) is 6.61 Å². The molecule has 0 saturated heterocycles. The predicted molar refractivity (Wildman–Crippen MR) is 83.8 cm³/mol. The Bertz CT molecular complexity index is 694. The lowest BCUT2D eigenvalue weighted by molar-refractivity contribution is 0.291. The van der Waals surface area contributed by atoms with Crippen molar-refractivity contribution in [1.29, 1.82) is 0 Å². The molecule has 0 spiro atoms. The zero-order chi connectivity index (χ0) is 15.2. The Kier molecular flexibility index (Phi) is 3.45. The number of alkyl halides is 1. The summed E-state index contributed by atoms with van der Waals surface area (Å²) in [5.41, 5.74) is 4.01. The van der Waals surface area contributed by atoms with E-state index in [1.54, 1.807) is 6.07 Å². The first-order valence-electron chi connectivity index (χ1n) is 7.06. The second-order valence-electron chi connectivity index (χ2n) is 6.29. The normalized spacial score (nSPS) is 17.2. The molecule has 0 saturated carbocycles. The molecule has 1 atom stereocenters. The van der Waals surface area contributed by atoms with Gasteiger partial charge in [0.05, 0.1) is 12.0 Å². The van der Waals surface area contributed by atoms with Crippen molar-refractivity contribution in [2.45, 2.75) is 31.6 Å². The van der Waals surface area contributed by atoms with Crippen LogP contribution in [0, 0.1) is 12.7 Å². The third-order valence-electron chi connectivity index (χ3n) is 4.12. The monoisotopic (exact) mass is 304 g/mol. The van der Waals surface area contributed by atoms with Crippen LogP contribution in [0.2, 0.25) is 0 Å². The van der Waals surface area contributed by atoms with E-state index in [1.165, 1.54) is 17.7 Å². The van der Waals surface area contributed by atoms with Gasteiger partial charge in [-0.3, -0.25) is 0 Å². The van der Waals surface area contributed by atoms with E-state index in [0.717, 1.165) is 22.4 Å². The summed E-state index contributed by atoms with van der Waals surface area (Å²) in [4.78, 5) is 0. The summed E-state index contributed by atoms with van der Waals surface area (Å²) in [7, 11) is 0. The van der Waals surface area contributed by atoms with Crippen molar-refractivity contribution in [1.82, 2.24) is 0 Å². The SMILES string of the molecule is Cc1cc(F)ccc1C(Cl)c1ccc2c(c1)C(C)(C)CO2. The molecule has 110 valence electrons. The van der Waals surface area contributed by atoms with Gasteiger partial charge in [-0.15, -0.1) is 11.6 Å². The molecule has 2 aromatic carbocycles. The molecule has 21 heavy (non-hydrogen) atoms. The van der Waals surface area contributed by atoms with E-state index in [0.29, 0.717) is 6.61 Å². The quantitative estimate of drug-likeness (QED) is 0.699. The molecule has 0 amide bonds. The molecule has 1 unspecified atom stereocenters. The van der Waals surface area contributed by atoms with Crippen molar-refractivity contribution in [2.24, 2.45) is 0 Å². The van der Waals surface area contributed by atoms with Gasteiger partial charge >= 0.3 is 0 Å². The summed E-state index contributed by atoms with van der Waals surface area (Å²) < 4.78 is 18.9. The van der Waals surface area contributed by atoms with E-state index in [-0.39, 0.29) is 16.6 Å². The van der Waals surface area contributed by atoms with E-state index >= 15 is 0 Å². The van der Waals surface area contributed by atoms with E-state index in [1.807, 2.05) is 19.1 Å². The fourth-order valence-corrected chi connectivity index (χ4v) is 3.18. The van der Waals surface area contributed by atoms with Crippen molar-refractivity contribution in [3.8, 4) is 5.75 Å². The van der Waals surface area contributed by atoms with Crippen molar-refractivity contribution in [2.75, 3.05) is 6.61 Å². The van der Waals surface area contributed by atoms with Gasteiger partial charge in [0.1, 0.15) is 11.6 Å². The van der Waals surface area contributed by atoms with Crippen LogP contribution in [0.15, 0.2) is 36.4 Å². The minimum atomic E-state index is -0.285. The maximum absolute atomic E-state index is 13.2. The zero-order valence-electron chi connectivity index (χ0n) is 12.4. The van der Waals surface area contributed by atoms with Crippen molar-refractivity contribution < 1.29 is 9.13 Å². The molecular weight excluding hydrogens is 287 g/mol. The fraction of sp³-hybridized carbons (Fsp3) is 0.333. The van der Waals surface area contributed by atoms with E-state index < -0.39 is 0 Å². The average molecular weight is 305 g/mol. The average Bonchev–Trinajstić information content (AvgIpc) is 2.74. The topological polar surface area (TPSA) is 9.23 Å². The highest BCUT2D eigenvalue weighted by Gasteiger charge is 2.32. The predicted octanol–water partition coefficient (Wildman–Crippen LogP) is 5.13. The minimum absolute atomic E-state index is 0.000205. The third kappa shape index (κ3) is 2.53. The van der Waals surface area contributed by atoms with Gasteiger partial charge < -0.3 is 4.74 Å². The molecule has 3 rings (SSSR count). The summed E-state index contributed by atoms with van der Waals surface area (Å²) in [6.07, 6.45) is 0. The van der Waals surface area contributed by atoms with Crippen molar-refractivity contribution >= 4 is 11.6 Å². The largest absolute Gasteiger partial charge is 0.492 e. The number of hydrogen-bond acceptors (Lipinski definition) is 1. The van der Waals surface area contributed by atoms with Gasteiger partial charge in [0.15, 0.2) is 0 Å². The Morgan fingerprint density at radius 2 is 1.95 bits per heavy atom. The molecule has 1 heterocycles. The summed E-state index contributed by atoms with van der Waals surface area (Å²) in [6.45, 7) is 6.90. The fourth-order valence-electron chi connectivity index (χ4n) is 2.80. The molecule has 0 N–H and O–H groups in total. The van der Waals surface area contributed by atoms with Crippen LogP contribution < -0.4 is 4.74 Å². The number of halogens is 2. The lowest BCUT2D eigenvalue weighted by atomic mass is 9.85. The zero-order valence-corrected chi connectivity index (χ0v) is 13.2. The van der Waals surface area contributed by atoms with Crippen LogP contribution in [0.1, 0.15) is 41.5 Å². The number of hydrogen-bond donors (Lipinski definition) is 0. The Balaban J connectivity index is 2.01. The first-order chi connectivity index (χ1) is 9.88. The molecule has 1 nitrogen and oxygen atoms in total. The van der Waals surface area contributed by atoms with Gasteiger partial charge in [0.2, 0.25) is 0 Å². The lowest BCUT2D eigenvalue weighted by Gasteiger charge is -2.18. The molecule has 3 heteroatoms. The second kappa shape index (κ2) is 5.03. The molecule has 1 aliphatic heterocycles. The molecular formula is C18H18ClFO.